The van der Waals surface area contributed by atoms with Gasteiger partial charge in [-0.2, -0.15) is 8.42 Å². The van der Waals surface area contributed by atoms with Crippen LogP contribution >= 0.6 is 0 Å². The van der Waals surface area contributed by atoms with Gasteiger partial charge in [0.1, 0.15) is 16.7 Å². The molecule has 3 rings (SSSR count). The van der Waals surface area contributed by atoms with Crippen LogP contribution in [-0.2, 0) is 46.8 Å². The third kappa shape index (κ3) is 13.6. The van der Waals surface area contributed by atoms with Crippen molar-refractivity contribution in [2.45, 2.75) is 73.0 Å². The first-order chi connectivity index (χ1) is 19.4. The highest BCUT2D eigenvalue weighted by Gasteiger charge is 2.44. The second kappa shape index (κ2) is 22.5. The van der Waals surface area contributed by atoms with Crippen LogP contribution < -0.4 is 10.1 Å². The molecule has 2 atom stereocenters. The molecule has 0 aliphatic heterocycles. The maximum absolute atomic E-state index is 13.0. The second-order valence-corrected chi connectivity index (χ2v) is 10.5. The van der Waals surface area contributed by atoms with Gasteiger partial charge < -0.3 is 19.5 Å². The molecule has 0 spiro atoms. The molecule has 0 heterocycles. The first kappa shape index (κ1) is 48.9. The van der Waals surface area contributed by atoms with E-state index in [1.807, 2.05) is 30.3 Å². The maximum atomic E-state index is 13.0. The topological polar surface area (TPSA) is 145 Å². The molecule has 260 valence electrons. The number of Topliss-reactive ketones (excluding diaryl/α,β-unsaturated/α-hetero) is 2. The van der Waals surface area contributed by atoms with E-state index in [9.17, 15) is 27.4 Å². The largest absolute Gasteiger partial charge is 0.497 e. The Morgan fingerprint density at radius 2 is 1.33 bits per heavy atom. The van der Waals surface area contributed by atoms with Crippen LogP contribution in [0, 0.1) is 0 Å². The molecule has 0 saturated heterocycles. The zero-order valence-corrected chi connectivity index (χ0v) is 24.8. The van der Waals surface area contributed by atoms with Crippen LogP contribution in [0.15, 0.2) is 83.8 Å². The molecule has 3 aromatic carbocycles. The molecular formula is C34H52FNO9S. The minimum absolute atomic E-state index is 0. The minimum atomic E-state index is -4.66. The van der Waals surface area contributed by atoms with E-state index in [2.05, 4.69) is 5.32 Å². The van der Waals surface area contributed by atoms with E-state index in [1.165, 1.54) is 33.3 Å². The highest BCUT2D eigenvalue weighted by Crippen LogP contribution is 2.28. The van der Waals surface area contributed by atoms with E-state index in [-0.39, 0.29) is 64.2 Å². The number of amides is 1. The smallest absolute Gasteiger partial charge is 0.296 e. The predicted octanol–water partition coefficient (Wildman–Crippen LogP) is 6.63. The van der Waals surface area contributed by atoms with Crippen molar-refractivity contribution < 1.29 is 46.3 Å². The number of nitrogens with one attached hydrogen (secondary N) is 1. The van der Waals surface area contributed by atoms with Gasteiger partial charge in [-0.3, -0.25) is 23.6 Å². The lowest BCUT2D eigenvalue weighted by molar-refractivity contribution is -0.151. The molecule has 46 heavy (non-hydrogen) atoms. The summed E-state index contributed by atoms with van der Waals surface area (Å²) in [6.07, 6.45) is 0.303. The van der Waals surface area contributed by atoms with E-state index in [0.717, 1.165) is 11.6 Å². The zero-order valence-electron chi connectivity index (χ0n) is 24.0. The van der Waals surface area contributed by atoms with Gasteiger partial charge in [0, 0.05) is 33.1 Å². The van der Waals surface area contributed by atoms with Crippen molar-refractivity contribution in [3.8, 4) is 5.75 Å². The minimum Gasteiger partial charge on any atom is -0.497 e. The van der Waals surface area contributed by atoms with E-state index in [1.54, 1.807) is 44.4 Å². The van der Waals surface area contributed by atoms with Gasteiger partial charge in [0.25, 0.3) is 16.0 Å². The van der Waals surface area contributed by atoms with Crippen molar-refractivity contribution in [3.05, 3.63) is 90.0 Å². The van der Waals surface area contributed by atoms with Gasteiger partial charge in [-0.25, -0.2) is 0 Å². The molecule has 0 aliphatic carbocycles. The van der Waals surface area contributed by atoms with Gasteiger partial charge in [-0.05, 0) is 37.1 Å². The summed E-state index contributed by atoms with van der Waals surface area (Å²) in [7, 11) is -0.549. The number of anilines is 1. The van der Waals surface area contributed by atoms with Crippen molar-refractivity contribution in [2.24, 2.45) is 0 Å². The third-order valence-corrected chi connectivity index (χ3v) is 7.19. The molecule has 0 aromatic heterocycles. The van der Waals surface area contributed by atoms with Crippen molar-refractivity contribution in [1.82, 2.24) is 0 Å². The van der Waals surface area contributed by atoms with Crippen molar-refractivity contribution in [3.63, 3.8) is 0 Å². The number of carbonyl (C=O) groups is 3. The zero-order chi connectivity index (χ0) is 30.6. The van der Waals surface area contributed by atoms with Crippen molar-refractivity contribution in [2.75, 3.05) is 26.6 Å². The first-order valence-corrected chi connectivity index (χ1v) is 14.0. The SMILES string of the molecule is C.C.C.C.COC(Cc1ccccc1)C(C)=O.COc1ccc(NC(=O)C(Cc2ccccc2)(OC)C(C)=O)c(S(=O)(=O)O)c1.F. The fourth-order valence-electron chi connectivity index (χ4n) is 3.95. The molecule has 0 aliphatic rings. The lowest BCUT2D eigenvalue weighted by atomic mass is 9.89. The summed E-state index contributed by atoms with van der Waals surface area (Å²) in [5, 5.41) is 2.38. The van der Waals surface area contributed by atoms with Gasteiger partial charge >= 0.3 is 0 Å². The number of hydrogen-bond acceptors (Lipinski definition) is 8. The van der Waals surface area contributed by atoms with Crippen LogP contribution in [0.25, 0.3) is 0 Å². The molecule has 3 aromatic rings. The summed E-state index contributed by atoms with van der Waals surface area (Å²) in [5.74, 6) is -1.18. The monoisotopic (exact) mass is 669 g/mol. The number of halogens is 1. The van der Waals surface area contributed by atoms with Crippen LogP contribution in [0.3, 0.4) is 0 Å². The van der Waals surface area contributed by atoms with E-state index in [0.29, 0.717) is 12.0 Å². The molecule has 2 N–H and O–H groups in total. The van der Waals surface area contributed by atoms with Crippen LogP contribution in [0.2, 0.25) is 0 Å². The summed E-state index contributed by atoms with van der Waals surface area (Å²) in [6, 6.07) is 22.4. The molecule has 2 unspecified atom stereocenters. The summed E-state index contributed by atoms with van der Waals surface area (Å²) in [4.78, 5) is 35.8. The highest BCUT2D eigenvalue weighted by atomic mass is 32.2. The molecule has 0 radical (unpaired) electrons. The van der Waals surface area contributed by atoms with Crippen LogP contribution in [0.4, 0.5) is 10.4 Å². The predicted molar refractivity (Wildman–Crippen MR) is 183 cm³/mol. The number of hydrogen-bond donors (Lipinski definition) is 2. The summed E-state index contributed by atoms with van der Waals surface area (Å²) in [6.45, 7) is 2.76. The molecule has 0 fully saturated rings. The molecule has 1 amide bonds. The lowest BCUT2D eigenvalue weighted by Crippen LogP contribution is -2.52. The molecule has 10 nitrogen and oxygen atoms in total. The average Bonchev–Trinajstić information content (AvgIpc) is 2.95. The quantitative estimate of drug-likeness (QED) is 0.160. The first-order valence-electron chi connectivity index (χ1n) is 12.5. The Morgan fingerprint density at radius 3 is 1.72 bits per heavy atom. The number of benzene rings is 3. The maximum Gasteiger partial charge on any atom is 0.296 e. The fourth-order valence-corrected chi connectivity index (χ4v) is 4.61. The molecular weight excluding hydrogens is 617 g/mol. The Kier molecular flexibility index (Phi) is 24.0. The van der Waals surface area contributed by atoms with Gasteiger partial charge in [0.15, 0.2) is 11.6 Å². The number of methoxy groups -OCH3 is 3. The van der Waals surface area contributed by atoms with Gasteiger partial charge in [-0.1, -0.05) is 90.4 Å². The van der Waals surface area contributed by atoms with E-state index >= 15 is 0 Å². The highest BCUT2D eigenvalue weighted by molar-refractivity contribution is 7.86. The van der Waals surface area contributed by atoms with Gasteiger partial charge in [-0.15, -0.1) is 0 Å². The van der Waals surface area contributed by atoms with Crippen LogP contribution in [-0.4, -0.2) is 63.5 Å². The Labute approximate surface area is 274 Å². The second-order valence-electron chi connectivity index (χ2n) is 9.07. The summed E-state index contributed by atoms with van der Waals surface area (Å²) in [5.41, 5.74) is -0.273. The van der Waals surface area contributed by atoms with Gasteiger partial charge in [0.2, 0.25) is 5.60 Å². The average molecular weight is 670 g/mol. The molecule has 12 heteroatoms. The Balaban J connectivity index is -0.000000421. The summed E-state index contributed by atoms with van der Waals surface area (Å²) < 4.78 is 48.2. The van der Waals surface area contributed by atoms with E-state index in [4.69, 9.17) is 14.2 Å². The Morgan fingerprint density at radius 1 is 0.826 bits per heavy atom. The number of rotatable bonds is 12. The number of ether oxygens (including phenoxy) is 3. The van der Waals surface area contributed by atoms with Crippen molar-refractivity contribution >= 4 is 33.3 Å². The fraction of sp³-hybridized carbons (Fsp3) is 0.382. The number of ketones is 2. The lowest BCUT2D eigenvalue weighted by Gasteiger charge is -2.29. The van der Waals surface area contributed by atoms with Crippen LogP contribution in [0.5, 0.6) is 5.75 Å². The van der Waals surface area contributed by atoms with Gasteiger partial charge in [0.05, 0.1) is 12.8 Å². The summed E-state index contributed by atoms with van der Waals surface area (Å²) >= 11 is 0. The number of carbonyl (C=O) groups excluding carboxylic acids is 3. The third-order valence-electron chi connectivity index (χ3n) is 6.30. The standard InChI is InChI=1S/C19H21NO7S.C11H14O2.4CH4.FH/c1-13(21)19(27-3,12-14-7-5-4-6-8-14)18(22)20-16-10-9-15(26-2)11-17(16)28(23,24)25;1-9(12)11(13-2)8-10-6-4-3-5-7-10;;;;;/h4-11H,12H2,1-3H3,(H,20,22)(H,23,24,25);3-7,11H,8H2,1-2H3;4*1H4;1H. The molecule has 0 saturated carbocycles. The Bertz CT molecular complexity index is 1440. The molecule has 0 bridgehead atoms. The Hall–Kier alpha value is -3.97. The van der Waals surface area contributed by atoms with E-state index < -0.39 is 32.3 Å². The normalized spacial score (nSPS) is 11.7. The van der Waals surface area contributed by atoms with Crippen molar-refractivity contribution in [1.29, 1.82) is 0 Å². The van der Waals surface area contributed by atoms with Crippen LogP contribution in [0.1, 0.15) is 54.7 Å².